The third-order valence-electron chi connectivity index (χ3n) is 11.8. The summed E-state index contributed by atoms with van der Waals surface area (Å²) in [4.78, 5) is 5.16. The number of anilines is 6. The largest absolute Gasteiger partial charge is 0.311 e. The molecule has 2 aliphatic heterocycles. The Morgan fingerprint density at radius 3 is 1.75 bits per heavy atom. The highest BCUT2D eigenvalue weighted by Gasteiger charge is 2.46. The van der Waals surface area contributed by atoms with Crippen LogP contribution >= 0.6 is 11.3 Å². The van der Waals surface area contributed by atoms with E-state index in [4.69, 9.17) is 0 Å². The molecule has 0 amide bonds. The van der Waals surface area contributed by atoms with Crippen LogP contribution in [-0.4, -0.2) is 6.71 Å². The highest BCUT2D eigenvalue weighted by atomic mass is 32.1. The summed E-state index contributed by atoms with van der Waals surface area (Å²) in [5, 5.41) is 2.68. The Hall–Kier alpha value is -5.06. The summed E-state index contributed by atoms with van der Waals surface area (Å²) in [5.41, 5.74) is 18.2. The first-order chi connectivity index (χ1) is 26.1. The molecule has 0 N–H and O–H groups in total. The van der Waals surface area contributed by atoms with E-state index in [0.717, 1.165) is 0 Å². The number of thiophene rings is 1. The van der Waals surface area contributed by atoms with Gasteiger partial charge in [-0.3, -0.25) is 0 Å². The third kappa shape index (κ3) is 5.84. The number of aryl methyl sites for hydroxylation is 1. The van der Waals surface area contributed by atoms with Crippen LogP contribution in [0.3, 0.4) is 0 Å². The summed E-state index contributed by atoms with van der Waals surface area (Å²) in [6, 6.07) is 48.7. The van der Waals surface area contributed by atoms with Gasteiger partial charge in [-0.2, -0.15) is 0 Å². The van der Waals surface area contributed by atoms with E-state index < -0.39 is 0 Å². The summed E-state index contributed by atoms with van der Waals surface area (Å²) in [5.74, 6) is 0. The lowest BCUT2D eigenvalue weighted by Gasteiger charge is -2.44. The van der Waals surface area contributed by atoms with Gasteiger partial charge in [0.15, 0.2) is 0 Å². The molecule has 7 aromatic rings. The third-order valence-corrected chi connectivity index (χ3v) is 12.9. The van der Waals surface area contributed by atoms with E-state index in [1.54, 1.807) is 0 Å². The van der Waals surface area contributed by atoms with Crippen molar-refractivity contribution in [1.29, 1.82) is 0 Å². The normalized spacial score (nSPS) is 13.9. The number of benzene rings is 6. The van der Waals surface area contributed by atoms with E-state index in [-0.39, 0.29) is 23.0 Å². The molecule has 274 valence electrons. The van der Waals surface area contributed by atoms with E-state index in [0.29, 0.717) is 0 Å². The van der Waals surface area contributed by atoms with Crippen molar-refractivity contribution < 1.29 is 0 Å². The van der Waals surface area contributed by atoms with Crippen molar-refractivity contribution in [3.05, 3.63) is 150 Å². The zero-order valence-electron chi connectivity index (χ0n) is 34.0. The van der Waals surface area contributed by atoms with Gasteiger partial charge in [0.05, 0.1) is 10.7 Å². The first kappa shape index (κ1) is 35.6. The zero-order chi connectivity index (χ0) is 38.6. The van der Waals surface area contributed by atoms with Gasteiger partial charge in [0.1, 0.15) is 0 Å². The minimum absolute atomic E-state index is 0.00511. The van der Waals surface area contributed by atoms with Crippen molar-refractivity contribution in [3.8, 4) is 11.1 Å². The van der Waals surface area contributed by atoms with Crippen LogP contribution in [0.2, 0.25) is 0 Å². The zero-order valence-corrected chi connectivity index (χ0v) is 34.8. The molecule has 3 heterocycles. The van der Waals surface area contributed by atoms with Crippen molar-refractivity contribution in [1.82, 2.24) is 0 Å². The molecule has 0 bridgehead atoms. The summed E-state index contributed by atoms with van der Waals surface area (Å²) < 4.78 is 1.35. The smallest absolute Gasteiger partial charge is 0.254 e. The standard InChI is InChI=1S/C51H51BN2S/c1-32-28-43-47-44(29-32)54(41-19-15-14-18-38(41)33-16-12-11-13-17-33)42-27-23-35(50(5,6)7)30-40(42)52(47)46-39-26-22-36(51(8,9)10)31-45(39)55-48(46)53(43)37-24-20-34(21-25-37)49(2,3)4/h11-31H,1-10H3. The molecular formula is C51H51BN2S. The maximum Gasteiger partial charge on any atom is 0.254 e. The second-order valence-electron chi connectivity index (χ2n) is 18.8. The first-order valence-electron chi connectivity index (χ1n) is 19.8. The number of rotatable bonds is 3. The van der Waals surface area contributed by atoms with Crippen LogP contribution in [-0.2, 0) is 16.2 Å². The molecule has 0 saturated carbocycles. The fourth-order valence-electron chi connectivity index (χ4n) is 8.75. The Kier molecular flexibility index (Phi) is 8.09. The van der Waals surface area contributed by atoms with Crippen molar-refractivity contribution in [2.24, 2.45) is 0 Å². The topological polar surface area (TPSA) is 6.48 Å². The summed E-state index contributed by atoms with van der Waals surface area (Å²) in [7, 11) is 0. The van der Waals surface area contributed by atoms with Crippen LogP contribution in [0.15, 0.2) is 127 Å². The monoisotopic (exact) mass is 734 g/mol. The molecule has 0 saturated heterocycles. The van der Waals surface area contributed by atoms with Crippen molar-refractivity contribution in [2.45, 2.75) is 85.5 Å². The molecule has 9 rings (SSSR count). The average Bonchev–Trinajstić information content (AvgIpc) is 3.52. The second-order valence-corrected chi connectivity index (χ2v) is 19.8. The molecule has 55 heavy (non-hydrogen) atoms. The summed E-state index contributed by atoms with van der Waals surface area (Å²) in [6.45, 7) is 23.2. The summed E-state index contributed by atoms with van der Waals surface area (Å²) in [6.07, 6.45) is 0. The molecule has 0 atom stereocenters. The van der Waals surface area contributed by atoms with Crippen LogP contribution < -0.4 is 26.2 Å². The molecular weight excluding hydrogens is 683 g/mol. The Morgan fingerprint density at radius 1 is 0.491 bits per heavy atom. The van der Waals surface area contributed by atoms with Crippen LogP contribution in [0.25, 0.3) is 21.2 Å². The highest BCUT2D eigenvalue weighted by Crippen LogP contribution is 2.50. The Balaban J connectivity index is 1.40. The Morgan fingerprint density at radius 2 is 1.07 bits per heavy atom. The molecule has 0 spiro atoms. The predicted molar refractivity (Wildman–Crippen MR) is 242 cm³/mol. The number of nitrogens with zero attached hydrogens (tertiary/aromatic N) is 2. The fraction of sp³-hybridized carbons (Fsp3) is 0.255. The molecule has 0 fully saturated rings. The fourth-order valence-corrected chi connectivity index (χ4v) is 10.1. The average molecular weight is 735 g/mol. The van der Waals surface area contributed by atoms with E-state index in [1.165, 1.54) is 93.3 Å². The quantitative estimate of drug-likeness (QED) is 0.167. The van der Waals surface area contributed by atoms with Crippen LogP contribution in [0.1, 0.15) is 84.6 Å². The lowest BCUT2D eigenvalue weighted by atomic mass is 9.33. The number of hydrogen-bond donors (Lipinski definition) is 0. The van der Waals surface area contributed by atoms with Gasteiger partial charge < -0.3 is 9.80 Å². The Labute approximate surface area is 332 Å². The maximum absolute atomic E-state index is 2.59. The van der Waals surface area contributed by atoms with E-state index in [9.17, 15) is 0 Å². The Bertz CT molecular complexity index is 2610. The van der Waals surface area contributed by atoms with Crippen molar-refractivity contribution in [2.75, 3.05) is 9.80 Å². The molecule has 0 radical (unpaired) electrons. The highest BCUT2D eigenvalue weighted by molar-refractivity contribution is 7.26. The number of fused-ring (bicyclic) bond motifs is 6. The number of hydrogen-bond acceptors (Lipinski definition) is 3. The SMILES string of the molecule is Cc1cc2c3c(c1)N(c1ccc(C(C)(C)C)cc1)c1sc4cc(C(C)(C)C)ccc4c1B3c1cc(C(C)(C)C)ccc1N2c1ccccc1-c1ccccc1. The lowest BCUT2D eigenvalue weighted by molar-refractivity contribution is 0.590. The van der Waals surface area contributed by atoms with Gasteiger partial charge in [0, 0.05) is 33.0 Å². The van der Waals surface area contributed by atoms with Crippen molar-refractivity contribution in [3.63, 3.8) is 0 Å². The predicted octanol–water partition coefficient (Wildman–Crippen LogP) is 12.9. The van der Waals surface area contributed by atoms with Crippen LogP contribution in [0.4, 0.5) is 33.4 Å². The van der Waals surface area contributed by atoms with E-state index in [2.05, 4.69) is 206 Å². The van der Waals surface area contributed by atoms with Gasteiger partial charge >= 0.3 is 0 Å². The molecule has 0 unspecified atom stereocenters. The lowest BCUT2D eigenvalue weighted by Crippen LogP contribution is -2.61. The van der Waals surface area contributed by atoms with Crippen LogP contribution in [0.5, 0.6) is 0 Å². The molecule has 4 heteroatoms. The van der Waals surface area contributed by atoms with Gasteiger partial charge in [-0.25, -0.2) is 0 Å². The molecule has 1 aromatic heterocycles. The molecule has 2 aliphatic rings. The van der Waals surface area contributed by atoms with Gasteiger partial charge in [0.2, 0.25) is 0 Å². The molecule has 0 aliphatic carbocycles. The van der Waals surface area contributed by atoms with Gasteiger partial charge in [0.25, 0.3) is 6.71 Å². The van der Waals surface area contributed by atoms with Crippen molar-refractivity contribution >= 4 is 78.0 Å². The maximum atomic E-state index is 2.59. The second kappa shape index (κ2) is 12.5. The summed E-state index contributed by atoms with van der Waals surface area (Å²) >= 11 is 1.95. The van der Waals surface area contributed by atoms with E-state index in [1.807, 2.05) is 11.3 Å². The minimum Gasteiger partial charge on any atom is -0.311 e. The first-order valence-corrected chi connectivity index (χ1v) is 20.6. The van der Waals surface area contributed by atoms with E-state index >= 15 is 0 Å². The molecule has 2 nitrogen and oxygen atoms in total. The minimum atomic E-state index is -0.00511. The van der Waals surface area contributed by atoms with Gasteiger partial charge in [-0.05, 0) is 115 Å². The molecule has 6 aromatic carbocycles. The van der Waals surface area contributed by atoms with Crippen LogP contribution in [0, 0.1) is 6.92 Å². The number of para-hydroxylation sites is 1. The van der Waals surface area contributed by atoms with Gasteiger partial charge in [-0.1, -0.05) is 147 Å². The van der Waals surface area contributed by atoms with Gasteiger partial charge in [-0.15, -0.1) is 11.3 Å².